The fourth-order valence-electron chi connectivity index (χ4n) is 1.86. The predicted octanol–water partition coefficient (Wildman–Crippen LogP) is 2.73. The zero-order valence-electron chi connectivity index (χ0n) is 11.8. The van der Waals surface area contributed by atoms with Gasteiger partial charge in [0.15, 0.2) is 5.11 Å². The number of anilines is 1. The number of nitro groups is 1. The van der Waals surface area contributed by atoms with Crippen molar-refractivity contribution in [3.8, 4) is 0 Å². The Bertz CT molecular complexity index is 664. The maximum atomic E-state index is 10.6. The Morgan fingerprint density at radius 2 is 1.95 bits per heavy atom. The molecule has 0 radical (unpaired) electrons. The van der Waals surface area contributed by atoms with E-state index in [2.05, 4.69) is 15.2 Å². The number of rotatable bonds is 4. The third-order valence-corrected chi connectivity index (χ3v) is 3.49. The van der Waals surface area contributed by atoms with Crippen molar-refractivity contribution in [2.24, 2.45) is 7.05 Å². The van der Waals surface area contributed by atoms with Crippen molar-refractivity contribution in [1.29, 1.82) is 0 Å². The lowest BCUT2D eigenvalue weighted by atomic mass is 10.3. The molecular weight excluding hydrogens is 288 g/mol. The quantitative estimate of drug-likeness (QED) is 0.516. The van der Waals surface area contributed by atoms with Gasteiger partial charge < -0.3 is 15.2 Å². The molecule has 1 aromatic heterocycles. The number of aryl methyl sites for hydroxylation is 1. The Labute approximate surface area is 127 Å². The van der Waals surface area contributed by atoms with Gasteiger partial charge in [0, 0.05) is 36.3 Å². The van der Waals surface area contributed by atoms with Gasteiger partial charge in [-0.3, -0.25) is 10.1 Å². The smallest absolute Gasteiger partial charge is 0.269 e. The molecule has 2 aromatic rings. The highest BCUT2D eigenvalue weighted by molar-refractivity contribution is 7.80. The minimum Gasteiger partial charge on any atom is -0.357 e. The minimum absolute atomic E-state index is 0.0544. The normalized spacial score (nSPS) is 10.2. The summed E-state index contributed by atoms with van der Waals surface area (Å²) in [5.41, 5.74) is 3.07. The van der Waals surface area contributed by atoms with Crippen molar-refractivity contribution >= 4 is 28.7 Å². The molecule has 110 valence electrons. The van der Waals surface area contributed by atoms with Crippen LogP contribution in [-0.2, 0) is 13.6 Å². The lowest BCUT2D eigenvalue weighted by Crippen LogP contribution is -2.28. The molecule has 0 aliphatic heterocycles. The van der Waals surface area contributed by atoms with E-state index >= 15 is 0 Å². The molecule has 0 bridgehead atoms. The van der Waals surface area contributed by atoms with Gasteiger partial charge in [-0.15, -0.1) is 0 Å². The topological polar surface area (TPSA) is 72.1 Å². The molecule has 0 saturated carbocycles. The largest absolute Gasteiger partial charge is 0.357 e. The molecule has 0 aliphatic rings. The van der Waals surface area contributed by atoms with E-state index in [1.165, 1.54) is 17.8 Å². The number of hydrogen-bond donors (Lipinski definition) is 2. The first-order chi connectivity index (χ1) is 9.97. The maximum Gasteiger partial charge on any atom is 0.269 e. The molecule has 0 amide bonds. The highest BCUT2D eigenvalue weighted by atomic mass is 32.1. The number of thiocarbonyl (C=S) groups is 1. The minimum atomic E-state index is -0.432. The second kappa shape index (κ2) is 6.36. The van der Waals surface area contributed by atoms with Crippen molar-refractivity contribution in [3.05, 3.63) is 57.9 Å². The van der Waals surface area contributed by atoms with E-state index in [0.29, 0.717) is 17.3 Å². The van der Waals surface area contributed by atoms with Gasteiger partial charge in [-0.1, -0.05) is 0 Å². The summed E-state index contributed by atoms with van der Waals surface area (Å²) < 4.78 is 2.08. The number of nitrogens with one attached hydrogen (secondary N) is 2. The molecule has 7 heteroatoms. The summed E-state index contributed by atoms with van der Waals surface area (Å²) in [6.45, 7) is 2.65. The van der Waals surface area contributed by atoms with E-state index < -0.39 is 4.92 Å². The fraction of sp³-hybridized carbons (Fsp3) is 0.214. The van der Waals surface area contributed by atoms with Crippen molar-refractivity contribution in [2.75, 3.05) is 5.32 Å². The average molecular weight is 304 g/mol. The van der Waals surface area contributed by atoms with Crippen LogP contribution in [0.15, 0.2) is 36.4 Å². The molecule has 2 N–H and O–H groups in total. The molecule has 0 aliphatic carbocycles. The number of aromatic nitrogens is 1. The van der Waals surface area contributed by atoms with Gasteiger partial charge in [-0.2, -0.15) is 0 Å². The van der Waals surface area contributed by atoms with Crippen LogP contribution in [-0.4, -0.2) is 14.6 Å². The Kier molecular flexibility index (Phi) is 4.54. The number of hydrogen-bond acceptors (Lipinski definition) is 3. The molecule has 0 unspecified atom stereocenters. The van der Waals surface area contributed by atoms with E-state index in [1.54, 1.807) is 12.1 Å². The Hall–Kier alpha value is -2.41. The van der Waals surface area contributed by atoms with Crippen LogP contribution >= 0.6 is 12.2 Å². The average Bonchev–Trinajstić information content (AvgIpc) is 2.77. The van der Waals surface area contributed by atoms with Crippen molar-refractivity contribution in [1.82, 2.24) is 9.88 Å². The molecule has 0 fully saturated rings. The van der Waals surface area contributed by atoms with E-state index in [0.717, 1.165) is 5.69 Å². The number of nitro benzene ring substituents is 1. The molecule has 1 aromatic carbocycles. The van der Waals surface area contributed by atoms with Crippen molar-refractivity contribution < 1.29 is 4.92 Å². The fourth-order valence-corrected chi connectivity index (χ4v) is 2.05. The molecule has 0 atom stereocenters. The van der Waals surface area contributed by atoms with Gasteiger partial charge in [0.2, 0.25) is 0 Å². The standard InChI is InChI=1S/C14H16N4O2S/c1-10-3-6-13(17(10)2)9-15-14(21)16-11-4-7-12(8-5-11)18(19)20/h3-8H,9H2,1-2H3,(H2,15,16,21). The first-order valence-electron chi connectivity index (χ1n) is 6.38. The van der Waals surface area contributed by atoms with Gasteiger partial charge in [0.05, 0.1) is 11.5 Å². The van der Waals surface area contributed by atoms with Crippen LogP contribution in [0, 0.1) is 17.0 Å². The van der Waals surface area contributed by atoms with Crippen LogP contribution < -0.4 is 10.6 Å². The Morgan fingerprint density at radius 1 is 1.29 bits per heavy atom. The first kappa shape index (κ1) is 15.0. The Morgan fingerprint density at radius 3 is 2.48 bits per heavy atom. The summed E-state index contributed by atoms with van der Waals surface area (Å²) >= 11 is 5.20. The van der Waals surface area contributed by atoms with Gasteiger partial charge in [-0.25, -0.2) is 0 Å². The lowest BCUT2D eigenvalue weighted by Gasteiger charge is -2.11. The third kappa shape index (κ3) is 3.79. The molecule has 2 rings (SSSR count). The second-order valence-corrected chi connectivity index (χ2v) is 5.04. The van der Waals surface area contributed by atoms with Crippen LogP contribution in [0.3, 0.4) is 0 Å². The zero-order valence-corrected chi connectivity index (χ0v) is 12.6. The van der Waals surface area contributed by atoms with Crippen LogP contribution in [0.2, 0.25) is 0 Å². The van der Waals surface area contributed by atoms with E-state index in [9.17, 15) is 10.1 Å². The number of nitrogens with zero attached hydrogens (tertiary/aromatic N) is 2. The Balaban J connectivity index is 1.89. The lowest BCUT2D eigenvalue weighted by molar-refractivity contribution is -0.384. The molecule has 0 spiro atoms. The van der Waals surface area contributed by atoms with Crippen molar-refractivity contribution in [3.63, 3.8) is 0 Å². The highest BCUT2D eigenvalue weighted by Crippen LogP contribution is 2.15. The van der Waals surface area contributed by atoms with E-state index in [-0.39, 0.29) is 5.69 Å². The van der Waals surface area contributed by atoms with E-state index in [4.69, 9.17) is 12.2 Å². The molecule has 21 heavy (non-hydrogen) atoms. The van der Waals surface area contributed by atoms with Gasteiger partial charge in [-0.05, 0) is 43.4 Å². The summed E-state index contributed by atoms with van der Waals surface area (Å²) in [6.07, 6.45) is 0. The molecule has 1 heterocycles. The number of benzene rings is 1. The number of non-ortho nitro benzene ring substituents is 1. The monoisotopic (exact) mass is 304 g/mol. The summed E-state index contributed by atoms with van der Waals surface area (Å²) in [5.74, 6) is 0. The van der Waals surface area contributed by atoms with Crippen LogP contribution in [0.25, 0.3) is 0 Å². The van der Waals surface area contributed by atoms with Gasteiger partial charge in [0.25, 0.3) is 5.69 Å². The third-order valence-electron chi connectivity index (χ3n) is 3.24. The van der Waals surface area contributed by atoms with Gasteiger partial charge >= 0.3 is 0 Å². The SMILES string of the molecule is Cc1ccc(CNC(=S)Nc2ccc([N+](=O)[O-])cc2)n1C. The maximum absolute atomic E-state index is 10.6. The predicted molar refractivity (Wildman–Crippen MR) is 86.3 cm³/mol. The molecule has 6 nitrogen and oxygen atoms in total. The van der Waals surface area contributed by atoms with Crippen LogP contribution in [0.4, 0.5) is 11.4 Å². The molecule has 0 saturated heterocycles. The van der Waals surface area contributed by atoms with E-state index in [1.807, 2.05) is 26.1 Å². The zero-order chi connectivity index (χ0) is 15.4. The van der Waals surface area contributed by atoms with Crippen LogP contribution in [0.1, 0.15) is 11.4 Å². The highest BCUT2D eigenvalue weighted by Gasteiger charge is 2.05. The first-order valence-corrected chi connectivity index (χ1v) is 6.78. The summed E-state index contributed by atoms with van der Waals surface area (Å²) in [5, 5.41) is 17.1. The van der Waals surface area contributed by atoms with Crippen molar-refractivity contribution in [2.45, 2.75) is 13.5 Å². The molecular formula is C14H16N4O2S. The van der Waals surface area contributed by atoms with Gasteiger partial charge in [0.1, 0.15) is 0 Å². The second-order valence-electron chi connectivity index (χ2n) is 4.64. The summed E-state index contributed by atoms with van der Waals surface area (Å²) in [7, 11) is 2.00. The summed E-state index contributed by atoms with van der Waals surface area (Å²) in [4.78, 5) is 10.1. The summed E-state index contributed by atoms with van der Waals surface area (Å²) in [6, 6.07) is 10.2. The van der Waals surface area contributed by atoms with Crippen LogP contribution in [0.5, 0.6) is 0 Å².